The molecule has 0 fully saturated rings. The number of benzene rings is 1. The van der Waals surface area contributed by atoms with E-state index in [0.717, 1.165) is 0 Å². The molecule has 0 radical (unpaired) electrons. The van der Waals surface area contributed by atoms with Crippen molar-refractivity contribution in [2.45, 2.75) is 20.0 Å². The molecule has 1 atom stereocenters. The maximum absolute atomic E-state index is 11.7. The molecule has 1 rings (SSSR count). The molecule has 0 saturated heterocycles. The fourth-order valence-corrected chi connectivity index (χ4v) is 1.38. The first-order chi connectivity index (χ1) is 8.63. The van der Waals surface area contributed by atoms with Gasteiger partial charge in [-0.1, -0.05) is 18.2 Å². The van der Waals surface area contributed by atoms with Gasteiger partial charge in [-0.05, 0) is 38.2 Å². The van der Waals surface area contributed by atoms with E-state index in [1.165, 1.54) is 0 Å². The number of amides is 1. The van der Waals surface area contributed by atoms with E-state index in [1.54, 1.807) is 19.1 Å². The van der Waals surface area contributed by atoms with Crippen LogP contribution in [0.25, 0.3) is 0 Å². The van der Waals surface area contributed by atoms with Gasteiger partial charge >= 0.3 is 0 Å². The van der Waals surface area contributed by atoms with Gasteiger partial charge in [0.15, 0.2) is 11.2 Å². The summed E-state index contributed by atoms with van der Waals surface area (Å²) in [6, 6.07) is 9.16. The fraction of sp³-hybridized carbons (Fsp3) is 0.333. The molecule has 0 heterocycles. The quantitative estimate of drug-likeness (QED) is 0.560. The van der Waals surface area contributed by atoms with E-state index in [9.17, 15) is 4.79 Å². The second-order valence-corrected chi connectivity index (χ2v) is 3.96. The monoisotopic (exact) mass is 267 g/mol. The molecule has 5 nitrogen and oxygen atoms in total. The summed E-state index contributed by atoms with van der Waals surface area (Å²) < 4.78 is 5.45. The molecule has 1 aromatic rings. The lowest BCUT2D eigenvalue weighted by Gasteiger charge is -2.16. The maximum atomic E-state index is 11.7. The number of rotatable bonds is 4. The lowest BCUT2D eigenvalue weighted by molar-refractivity contribution is -0.127. The van der Waals surface area contributed by atoms with Gasteiger partial charge in [0.2, 0.25) is 0 Å². The number of carbonyl (C=O) groups is 1. The van der Waals surface area contributed by atoms with Crippen molar-refractivity contribution in [2.75, 3.05) is 6.54 Å². The number of thiocarbonyl (C=S) groups is 1. The number of hydrazine groups is 1. The summed E-state index contributed by atoms with van der Waals surface area (Å²) >= 11 is 4.91. The average molecular weight is 267 g/mol. The van der Waals surface area contributed by atoms with Crippen molar-refractivity contribution in [3.8, 4) is 5.75 Å². The Bertz CT molecular complexity index is 398. The van der Waals surface area contributed by atoms with E-state index in [2.05, 4.69) is 16.2 Å². The highest BCUT2D eigenvalue weighted by Crippen LogP contribution is 2.10. The Morgan fingerprint density at radius 2 is 2.00 bits per heavy atom. The van der Waals surface area contributed by atoms with Crippen molar-refractivity contribution in [3.63, 3.8) is 0 Å². The van der Waals surface area contributed by atoms with Gasteiger partial charge in [0.1, 0.15) is 5.75 Å². The molecule has 0 spiro atoms. The molecule has 3 N–H and O–H groups in total. The van der Waals surface area contributed by atoms with Gasteiger partial charge in [-0.3, -0.25) is 15.6 Å². The normalized spacial score (nSPS) is 11.2. The van der Waals surface area contributed by atoms with Gasteiger partial charge in [-0.2, -0.15) is 0 Å². The summed E-state index contributed by atoms with van der Waals surface area (Å²) in [6.07, 6.45) is -0.607. The first-order valence-electron chi connectivity index (χ1n) is 5.69. The van der Waals surface area contributed by atoms with Crippen LogP contribution < -0.4 is 20.9 Å². The van der Waals surface area contributed by atoms with Gasteiger partial charge in [0.25, 0.3) is 5.91 Å². The molecule has 0 bridgehead atoms. The van der Waals surface area contributed by atoms with E-state index in [0.29, 0.717) is 17.4 Å². The molecular formula is C12H17N3O2S. The van der Waals surface area contributed by atoms with Gasteiger partial charge in [-0.25, -0.2) is 0 Å². The predicted molar refractivity (Wildman–Crippen MR) is 74.1 cm³/mol. The molecule has 18 heavy (non-hydrogen) atoms. The van der Waals surface area contributed by atoms with Gasteiger partial charge in [0, 0.05) is 6.54 Å². The topological polar surface area (TPSA) is 62.4 Å². The Balaban J connectivity index is 2.35. The van der Waals surface area contributed by atoms with Crippen molar-refractivity contribution in [2.24, 2.45) is 0 Å². The Morgan fingerprint density at radius 1 is 1.33 bits per heavy atom. The number of hydrogen-bond donors (Lipinski definition) is 3. The number of para-hydroxylation sites is 1. The van der Waals surface area contributed by atoms with Crippen LogP contribution in [0.15, 0.2) is 30.3 Å². The summed E-state index contributed by atoms with van der Waals surface area (Å²) in [6.45, 7) is 4.27. The minimum absolute atomic E-state index is 0.292. The molecule has 0 saturated carbocycles. The molecule has 1 amide bonds. The van der Waals surface area contributed by atoms with E-state index >= 15 is 0 Å². The minimum atomic E-state index is -0.607. The second kappa shape index (κ2) is 7.50. The maximum Gasteiger partial charge on any atom is 0.279 e. The van der Waals surface area contributed by atoms with Crippen LogP contribution in [0.2, 0.25) is 0 Å². The highest BCUT2D eigenvalue weighted by molar-refractivity contribution is 7.80. The molecule has 0 aliphatic rings. The van der Waals surface area contributed by atoms with E-state index in [1.807, 2.05) is 25.1 Å². The van der Waals surface area contributed by atoms with Gasteiger partial charge < -0.3 is 10.1 Å². The molecule has 98 valence electrons. The van der Waals surface area contributed by atoms with E-state index < -0.39 is 6.10 Å². The summed E-state index contributed by atoms with van der Waals surface area (Å²) in [4.78, 5) is 11.7. The van der Waals surface area contributed by atoms with Crippen molar-refractivity contribution >= 4 is 23.2 Å². The average Bonchev–Trinajstić information content (AvgIpc) is 2.37. The third-order valence-electron chi connectivity index (χ3n) is 2.06. The van der Waals surface area contributed by atoms with Crippen molar-refractivity contribution in [3.05, 3.63) is 30.3 Å². The number of carbonyl (C=O) groups excluding carboxylic acids is 1. The molecule has 6 heteroatoms. The summed E-state index contributed by atoms with van der Waals surface area (Å²) in [7, 11) is 0. The van der Waals surface area contributed by atoms with E-state index in [4.69, 9.17) is 17.0 Å². The third-order valence-corrected chi connectivity index (χ3v) is 2.31. The summed E-state index contributed by atoms with van der Waals surface area (Å²) in [5.41, 5.74) is 5.06. The molecule has 1 aromatic carbocycles. The molecule has 0 aliphatic carbocycles. The Kier molecular flexibility index (Phi) is 5.93. The minimum Gasteiger partial charge on any atom is -0.481 e. The highest BCUT2D eigenvalue weighted by Gasteiger charge is 2.14. The van der Waals surface area contributed by atoms with E-state index in [-0.39, 0.29) is 5.91 Å². The van der Waals surface area contributed by atoms with Crippen molar-refractivity contribution in [1.82, 2.24) is 16.2 Å². The molecule has 0 unspecified atom stereocenters. The van der Waals surface area contributed by atoms with Crippen LogP contribution in [0.1, 0.15) is 13.8 Å². The van der Waals surface area contributed by atoms with Crippen LogP contribution in [0.5, 0.6) is 5.75 Å². The molecule has 0 aliphatic heterocycles. The van der Waals surface area contributed by atoms with Crippen molar-refractivity contribution < 1.29 is 9.53 Å². The van der Waals surface area contributed by atoms with Gasteiger partial charge in [0.05, 0.1) is 0 Å². The summed E-state index contributed by atoms with van der Waals surface area (Å²) in [5, 5.41) is 3.23. The zero-order valence-corrected chi connectivity index (χ0v) is 11.2. The highest BCUT2D eigenvalue weighted by atomic mass is 32.1. The van der Waals surface area contributed by atoms with Crippen LogP contribution in [0.4, 0.5) is 0 Å². The first kappa shape index (κ1) is 14.2. The molecule has 0 aromatic heterocycles. The fourth-order valence-electron chi connectivity index (χ4n) is 1.18. The second-order valence-electron chi connectivity index (χ2n) is 3.55. The number of nitrogens with one attached hydrogen (secondary N) is 3. The van der Waals surface area contributed by atoms with Gasteiger partial charge in [-0.15, -0.1) is 0 Å². The van der Waals surface area contributed by atoms with Crippen molar-refractivity contribution in [1.29, 1.82) is 0 Å². The predicted octanol–water partition coefficient (Wildman–Crippen LogP) is 0.969. The lowest BCUT2D eigenvalue weighted by Crippen LogP contribution is -2.50. The molecular weight excluding hydrogens is 250 g/mol. The van der Waals surface area contributed by atoms with Crippen LogP contribution in [-0.2, 0) is 4.79 Å². The lowest BCUT2D eigenvalue weighted by atomic mass is 10.3. The Morgan fingerprint density at radius 3 is 2.61 bits per heavy atom. The standard InChI is InChI=1S/C12H17N3O2S/c1-3-13-12(18)15-14-11(16)9(2)17-10-7-5-4-6-8-10/h4-9H,3H2,1-2H3,(H,14,16)(H2,13,15,18)/t9-/m1/s1. The third kappa shape index (κ3) is 5.01. The zero-order valence-electron chi connectivity index (χ0n) is 10.4. The Labute approximate surface area is 112 Å². The Hall–Kier alpha value is -1.82. The first-order valence-corrected chi connectivity index (χ1v) is 6.09. The van der Waals surface area contributed by atoms with Crippen LogP contribution in [0, 0.1) is 0 Å². The van der Waals surface area contributed by atoms with Crippen LogP contribution in [-0.4, -0.2) is 23.7 Å². The SMILES string of the molecule is CCNC(=S)NNC(=O)[C@@H](C)Oc1ccccc1. The smallest absolute Gasteiger partial charge is 0.279 e. The number of hydrogen-bond acceptors (Lipinski definition) is 3. The van der Waals surface area contributed by atoms with Crippen LogP contribution >= 0.6 is 12.2 Å². The largest absolute Gasteiger partial charge is 0.481 e. The van der Waals surface area contributed by atoms with Crippen LogP contribution in [0.3, 0.4) is 0 Å². The number of ether oxygens (including phenoxy) is 1. The summed E-state index contributed by atoms with van der Waals surface area (Å²) in [5.74, 6) is 0.355. The zero-order chi connectivity index (χ0) is 13.4.